The topological polar surface area (TPSA) is 82.3 Å². The fourth-order valence-corrected chi connectivity index (χ4v) is 5.59. The molecule has 1 saturated carbocycles. The summed E-state index contributed by atoms with van der Waals surface area (Å²) in [7, 11) is 1.66. The van der Waals surface area contributed by atoms with Gasteiger partial charge < -0.3 is 25.3 Å². The molecule has 35 heavy (non-hydrogen) atoms. The number of aromatic amines is 1. The van der Waals surface area contributed by atoms with Gasteiger partial charge in [-0.1, -0.05) is 43.5 Å². The molecular weight excluding hydrogens is 438 g/mol. The van der Waals surface area contributed by atoms with Gasteiger partial charge in [-0.2, -0.15) is 0 Å². The first-order chi connectivity index (χ1) is 17.2. The lowest BCUT2D eigenvalue weighted by atomic mass is 9.92. The highest BCUT2D eigenvalue weighted by molar-refractivity contribution is 5.76. The number of imidazole rings is 1. The van der Waals surface area contributed by atoms with Gasteiger partial charge in [0.05, 0.1) is 24.2 Å². The van der Waals surface area contributed by atoms with Gasteiger partial charge in [-0.25, -0.2) is 9.78 Å². The van der Waals surface area contributed by atoms with Crippen LogP contribution in [0.15, 0.2) is 48.5 Å². The molecule has 0 radical (unpaired) electrons. The third-order valence-corrected chi connectivity index (χ3v) is 7.60. The van der Waals surface area contributed by atoms with E-state index in [0.29, 0.717) is 6.42 Å². The van der Waals surface area contributed by atoms with E-state index in [1.807, 2.05) is 48.5 Å². The van der Waals surface area contributed by atoms with Crippen LogP contribution in [-0.2, 0) is 6.42 Å². The fourth-order valence-electron chi connectivity index (χ4n) is 5.59. The first kappa shape index (κ1) is 23.7. The first-order valence-electron chi connectivity index (χ1n) is 13.1. The van der Waals surface area contributed by atoms with E-state index in [0.717, 1.165) is 60.1 Å². The Morgan fingerprint density at radius 1 is 1.06 bits per heavy atom. The second-order valence-corrected chi connectivity index (χ2v) is 9.96. The number of hydrogen-bond donors (Lipinski definition) is 3. The Kier molecular flexibility index (Phi) is 7.52. The molecule has 3 N–H and O–H groups in total. The number of H-pyrrole nitrogens is 1. The summed E-state index contributed by atoms with van der Waals surface area (Å²) < 4.78 is 5.29. The van der Waals surface area contributed by atoms with Crippen molar-refractivity contribution in [3.8, 4) is 5.75 Å². The molecule has 1 saturated heterocycles. The number of rotatable bonds is 7. The maximum atomic E-state index is 13.1. The number of fused-ring (bicyclic) bond motifs is 1. The molecule has 7 heteroatoms. The van der Waals surface area contributed by atoms with Crippen LogP contribution in [0.1, 0.15) is 62.4 Å². The van der Waals surface area contributed by atoms with Crippen molar-refractivity contribution in [2.24, 2.45) is 0 Å². The van der Waals surface area contributed by atoms with Crippen LogP contribution in [0.2, 0.25) is 0 Å². The van der Waals surface area contributed by atoms with E-state index in [4.69, 9.17) is 9.72 Å². The van der Waals surface area contributed by atoms with Crippen molar-refractivity contribution >= 4 is 17.1 Å². The Balaban J connectivity index is 1.23. The van der Waals surface area contributed by atoms with Gasteiger partial charge in [-0.15, -0.1) is 0 Å². The van der Waals surface area contributed by atoms with Gasteiger partial charge >= 0.3 is 6.03 Å². The minimum Gasteiger partial charge on any atom is -0.497 e. The number of carbonyl (C=O) groups excluding carboxylic acids is 1. The van der Waals surface area contributed by atoms with Crippen LogP contribution >= 0.6 is 0 Å². The normalized spacial score (nSPS) is 18.9. The van der Waals surface area contributed by atoms with Crippen molar-refractivity contribution in [2.75, 3.05) is 20.2 Å². The van der Waals surface area contributed by atoms with Crippen LogP contribution in [0, 0.1) is 0 Å². The number of nitrogens with one attached hydrogen (secondary N) is 3. The molecule has 1 aromatic heterocycles. The van der Waals surface area contributed by atoms with Gasteiger partial charge in [0.2, 0.25) is 0 Å². The number of carbonyl (C=O) groups is 1. The Labute approximate surface area is 207 Å². The summed E-state index contributed by atoms with van der Waals surface area (Å²) in [5.41, 5.74) is 2.98. The molecule has 2 amide bonds. The Hall–Kier alpha value is -3.06. The number of likely N-dealkylation sites (tertiary alicyclic amines) is 1. The molecular formula is C28H37N5O2. The van der Waals surface area contributed by atoms with Gasteiger partial charge in [0, 0.05) is 25.2 Å². The molecule has 0 bridgehead atoms. The zero-order valence-electron chi connectivity index (χ0n) is 20.6. The number of methoxy groups -OCH3 is 1. The predicted molar refractivity (Wildman–Crippen MR) is 139 cm³/mol. The smallest absolute Gasteiger partial charge is 0.315 e. The molecule has 1 aliphatic heterocycles. The summed E-state index contributed by atoms with van der Waals surface area (Å²) in [6, 6.07) is 16.5. The summed E-state index contributed by atoms with van der Waals surface area (Å²) in [5.74, 6) is 1.59. The molecule has 2 heterocycles. The maximum absolute atomic E-state index is 13.1. The number of piperidine rings is 1. The van der Waals surface area contributed by atoms with E-state index < -0.39 is 0 Å². The van der Waals surface area contributed by atoms with Gasteiger partial charge in [-0.05, 0) is 61.9 Å². The number of para-hydroxylation sites is 2. The van der Waals surface area contributed by atoms with Crippen molar-refractivity contribution in [1.82, 2.24) is 25.5 Å². The van der Waals surface area contributed by atoms with E-state index >= 15 is 0 Å². The van der Waals surface area contributed by atoms with Crippen LogP contribution in [0.3, 0.4) is 0 Å². The lowest BCUT2D eigenvalue weighted by Gasteiger charge is -2.39. The Morgan fingerprint density at radius 3 is 2.51 bits per heavy atom. The Bertz CT molecular complexity index is 1060. The zero-order valence-corrected chi connectivity index (χ0v) is 20.6. The van der Waals surface area contributed by atoms with Crippen LogP contribution in [0.25, 0.3) is 11.0 Å². The first-order valence-corrected chi connectivity index (χ1v) is 13.1. The fraction of sp³-hybridized carbons (Fsp3) is 0.500. The van der Waals surface area contributed by atoms with Crippen molar-refractivity contribution in [3.05, 3.63) is 59.9 Å². The third kappa shape index (κ3) is 5.96. The number of nitrogens with zero attached hydrogens (tertiary/aromatic N) is 2. The molecule has 5 rings (SSSR count). The quantitative estimate of drug-likeness (QED) is 0.452. The summed E-state index contributed by atoms with van der Waals surface area (Å²) in [6.07, 6.45) is 9.45. The minimum atomic E-state index is -0.266. The van der Waals surface area contributed by atoms with Gasteiger partial charge in [0.1, 0.15) is 11.6 Å². The Morgan fingerprint density at radius 2 is 1.80 bits per heavy atom. The van der Waals surface area contributed by atoms with E-state index in [1.165, 1.54) is 32.1 Å². The van der Waals surface area contributed by atoms with Crippen LogP contribution in [0.5, 0.6) is 5.75 Å². The second kappa shape index (κ2) is 11.1. The predicted octanol–water partition coefficient (Wildman–Crippen LogP) is 4.95. The van der Waals surface area contributed by atoms with Crippen molar-refractivity contribution in [1.29, 1.82) is 0 Å². The number of aromatic nitrogens is 2. The maximum Gasteiger partial charge on any atom is 0.315 e. The molecule has 7 nitrogen and oxygen atoms in total. The molecule has 1 aliphatic carbocycles. The van der Waals surface area contributed by atoms with E-state index in [2.05, 4.69) is 20.5 Å². The number of urea groups is 1. The van der Waals surface area contributed by atoms with E-state index in [9.17, 15) is 4.79 Å². The molecule has 2 aliphatic rings. The number of benzene rings is 2. The lowest BCUT2D eigenvalue weighted by Crippen LogP contribution is -2.51. The lowest BCUT2D eigenvalue weighted by molar-refractivity contribution is 0.117. The van der Waals surface area contributed by atoms with Crippen LogP contribution < -0.4 is 15.4 Å². The average Bonchev–Trinajstić information content (AvgIpc) is 3.34. The molecule has 2 aromatic carbocycles. The highest BCUT2D eigenvalue weighted by Crippen LogP contribution is 2.26. The van der Waals surface area contributed by atoms with Crippen molar-refractivity contribution in [3.63, 3.8) is 0 Å². The van der Waals surface area contributed by atoms with Gasteiger partial charge in [0.15, 0.2) is 0 Å². The molecule has 1 atom stereocenters. The van der Waals surface area contributed by atoms with Gasteiger partial charge in [-0.3, -0.25) is 0 Å². The highest BCUT2D eigenvalue weighted by atomic mass is 16.5. The SMILES string of the molecule is COc1ccc(CC(NC(=O)NC2CCN(C3CCCCC3)CC2)c2nc3ccccc3[nH]2)cc1. The molecule has 3 aromatic rings. The van der Waals surface area contributed by atoms with Gasteiger partial charge in [0.25, 0.3) is 0 Å². The highest BCUT2D eigenvalue weighted by Gasteiger charge is 2.27. The number of hydrogen-bond acceptors (Lipinski definition) is 4. The van der Waals surface area contributed by atoms with Crippen LogP contribution in [0.4, 0.5) is 4.79 Å². The van der Waals surface area contributed by atoms with Crippen molar-refractivity contribution in [2.45, 2.75) is 69.5 Å². The van der Waals surface area contributed by atoms with Crippen molar-refractivity contribution < 1.29 is 9.53 Å². The zero-order chi connectivity index (χ0) is 24.0. The number of amides is 2. The summed E-state index contributed by atoms with van der Waals surface area (Å²) in [4.78, 5) is 23.9. The molecule has 186 valence electrons. The summed E-state index contributed by atoms with van der Waals surface area (Å²) in [6.45, 7) is 2.16. The monoisotopic (exact) mass is 475 g/mol. The molecule has 1 unspecified atom stereocenters. The molecule has 2 fully saturated rings. The second-order valence-electron chi connectivity index (χ2n) is 9.96. The minimum absolute atomic E-state index is 0.125. The summed E-state index contributed by atoms with van der Waals surface area (Å²) >= 11 is 0. The van der Waals surface area contributed by atoms with Crippen LogP contribution in [-0.4, -0.2) is 53.2 Å². The standard InChI is InChI=1S/C28H37N5O2/c1-35-23-13-11-20(12-14-23)19-26(27-30-24-9-5-6-10-25(24)31-27)32-28(34)29-21-15-17-33(18-16-21)22-7-3-2-4-8-22/h5-6,9-14,21-22,26H,2-4,7-8,15-19H2,1H3,(H,30,31)(H2,29,32,34). The largest absolute Gasteiger partial charge is 0.497 e. The van der Waals surface area contributed by atoms with E-state index in [-0.39, 0.29) is 18.1 Å². The van der Waals surface area contributed by atoms with E-state index in [1.54, 1.807) is 7.11 Å². The molecule has 0 spiro atoms. The third-order valence-electron chi connectivity index (χ3n) is 7.60. The average molecular weight is 476 g/mol. The number of ether oxygens (including phenoxy) is 1. The summed E-state index contributed by atoms with van der Waals surface area (Å²) in [5, 5.41) is 6.45.